The first kappa shape index (κ1) is 16.8. The smallest absolute Gasteiger partial charge is 0.0860 e. The fraction of sp³-hybridized carbons (Fsp3) is 0.812. The molecule has 2 rings (SSSR count). The summed E-state index contributed by atoms with van der Waals surface area (Å²) < 4.78 is 1.93. The van der Waals surface area contributed by atoms with Crippen LogP contribution in [0.2, 0.25) is 5.02 Å². The number of halogens is 1. The zero-order valence-electron chi connectivity index (χ0n) is 14.0. The molecule has 1 aliphatic heterocycles. The topological polar surface area (TPSA) is 33.1 Å². The Hall–Kier alpha value is -0.580. The Balaban J connectivity index is 2.23. The summed E-state index contributed by atoms with van der Waals surface area (Å²) in [6.45, 7) is 11.9. The summed E-state index contributed by atoms with van der Waals surface area (Å²) in [5, 5.41) is 9.04. The lowest BCUT2D eigenvalue weighted by Crippen LogP contribution is -2.51. The summed E-state index contributed by atoms with van der Waals surface area (Å²) in [6.07, 6.45) is 3.49. The molecule has 0 bridgehead atoms. The molecule has 1 atom stereocenters. The van der Waals surface area contributed by atoms with E-state index in [1.165, 1.54) is 6.42 Å². The molecule has 0 spiro atoms. The van der Waals surface area contributed by atoms with Gasteiger partial charge in [-0.3, -0.25) is 9.58 Å². The van der Waals surface area contributed by atoms with Crippen molar-refractivity contribution in [2.45, 2.75) is 65.1 Å². The molecule has 21 heavy (non-hydrogen) atoms. The third kappa shape index (κ3) is 3.43. The third-order valence-electron chi connectivity index (χ3n) is 5.16. The van der Waals surface area contributed by atoms with Crippen LogP contribution in [0, 0.1) is 6.92 Å². The van der Waals surface area contributed by atoms with Crippen molar-refractivity contribution in [3.05, 3.63) is 16.4 Å². The van der Waals surface area contributed by atoms with Crippen molar-refractivity contribution in [2.24, 2.45) is 7.05 Å². The molecule has 120 valence electrons. The van der Waals surface area contributed by atoms with Gasteiger partial charge in [0.1, 0.15) is 0 Å². The molecule has 0 aliphatic carbocycles. The van der Waals surface area contributed by atoms with Gasteiger partial charge in [0.05, 0.1) is 16.4 Å². The molecule has 5 heteroatoms. The van der Waals surface area contributed by atoms with Gasteiger partial charge in [-0.05, 0) is 39.7 Å². The van der Waals surface area contributed by atoms with E-state index in [0.29, 0.717) is 6.04 Å². The lowest BCUT2D eigenvalue weighted by molar-refractivity contribution is 0.149. The second-order valence-electron chi connectivity index (χ2n) is 6.43. The predicted octanol–water partition coefficient (Wildman–Crippen LogP) is 3.12. The van der Waals surface area contributed by atoms with Crippen molar-refractivity contribution in [3.8, 4) is 0 Å². The highest BCUT2D eigenvalue weighted by Crippen LogP contribution is 2.27. The summed E-state index contributed by atoms with van der Waals surface area (Å²) in [5.74, 6) is 0. The monoisotopic (exact) mass is 312 g/mol. The molecule has 0 amide bonds. The lowest BCUT2D eigenvalue weighted by Gasteiger charge is -2.37. The van der Waals surface area contributed by atoms with Crippen LogP contribution in [-0.4, -0.2) is 39.4 Å². The van der Waals surface area contributed by atoms with Gasteiger partial charge < -0.3 is 5.32 Å². The largest absolute Gasteiger partial charge is 0.310 e. The van der Waals surface area contributed by atoms with E-state index < -0.39 is 0 Å². The first-order valence-electron chi connectivity index (χ1n) is 8.09. The van der Waals surface area contributed by atoms with E-state index in [2.05, 4.69) is 36.1 Å². The number of nitrogens with zero attached hydrogens (tertiary/aromatic N) is 3. The molecule has 1 unspecified atom stereocenters. The van der Waals surface area contributed by atoms with E-state index in [1.807, 2.05) is 18.7 Å². The number of hydrogen-bond acceptors (Lipinski definition) is 3. The maximum absolute atomic E-state index is 6.43. The maximum atomic E-state index is 6.43. The maximum Gasteiger partial charge on any atom is 0.0860 e. The highest BCUT2D eigenvalue weighted by molar-refractivity contribution is 6.31. The van der Waals surface area contributed by atoms with Crippen LogP contribution in [0.1, 0.15) is 51.4 Å². The fourth-order valence-electron chi connectivity index (χ4n) is 3.31. The quantitative estimate of drug-likeness (QED) is 0.927. The molecule has 0 saturated carbocycles. The third-order valence-corrected chi connectivity index (χ3v) is 5.65. The van der Waals surface area contributed by atoms with Crippen molar-refractivity contribution in [2.75, 3.05) is 13.1 Å². The Labute approximate surface area is 133 Å². The SMILES string of the molecule is CCC1(CC)CN(Cc2c(Cl)c(C)nn2C)C(C)CCN1. The number of rotatable bonds is 4. The van der Waals surface area contributed by atoms with E-state index in [4.69, 9.17) is 11.6 Å². The number of hydrogen-bond donors (Lipinski definition) is 1. The van der Waals surface area contributed by atoms with E-state index >= 15 is 0 Å². The summed E-state index contributed by atoms with van der Waals surface area (Å²) in [7, 11) is 1.99. The molecule has 0 aromatic carbocycles. The van der Waals surface area contributed by atoms with Crippen LogP contribution in [0.5, 0.6) is 0 Å². The molecule has 1 aliphatic rings. The van der Waals surface area contributed by atoms with E-state index in [-0.39, 0.29) is 5.54 Å². The molecule has 1 fully saturated rings. The molecule has 4 nitrogen and oxygen atoms in total. The van der Waals surface area contributed by atoms with Crippen molar-refractivity contribution in [1.29, 1.82) is 0 Å². The van der Waals surface area contributed by atoms with Gasteiger partial charge in [0.15, 0.2) is 0 Å². The average molecular weight is 313 g/mol. The van der Waals surface area contributed by atoms with Crippen molar-refractivity contribution in [1.82, 2.24) is 20.0 Å². The van der Waals surface area contributed by atoms with Crippen molar-refractivity contribution < 1.29 is 0 Å². The molecular weight excluding hydrogens is 284 g/mol. The molecule has 1 N–H and O–H groups in total. The highest BCUT2D eigenvalue weighted by atomic mass is 35.5. The van der Waals surface area contributed by atoms with Gasteiger partial charge >= 0.3 is 0 Å². The Morgan fingerprint density at radius 1 is 1.38 bits per heavy atom. The summed E-state index contributed by atoms with van der Waals surface area (Å²) in [5.41, 5.74) is 2.28. The van der Waals surface area contributed by atoms with Crippen LogP contribution in [0.3, 0.4) is 0 Å². The Bertz CT molecular complexity index is 479. The summed E-state index contributed by atoms with van der Waals surface area (Å²) in [6, 6.07) is 0.559. The van der Waals surface area contributed by atoms with Crippen molar-refractivity contribution in [3.63, 3.8) is 0 Å². The molecule has 1 aromatic heterocycles. The van der Waals surface area contributed by atoms with E-state index in [9.17, 15) is 0 Å². The van der Waals surface area contributed by atoms with Crippen LogP contribution in [-0.2, 0) is 13.6 Å². The zero-order chi connectivity index (χ0) is 15.6. The lowest BCUT2D eigenvalue weighted by atomic mass is 9.92. The van der Waals surface area contributed by atoms with Crippen LogP contribution < -0.4 is 5.32 Å². The van der Waals surface area contributed by atoms with Gasteiger partial charge in [-0.25, -0.2) is 0 Å². The van der Waals surface area contributed by atoms with Gasteiger partial charge in [0, 0.05) is 31.7 Å². The van der Waals surface area contributed by atoms with Crippen LogP contribution in [0.25, 0.3) is 0 Å². The predicted molar refractivity (Wildman–Crippen MR) is 88.8 cm³/mol. The van der Waals surface area contributed by atoms with Crippen LogP contribution in [0.15, 0.2) is 0 Å². The molecule has 1 aromatic rings. The minimum Gasteiger partial charge on any atom is -0.310 e. The van der Waals surface area contributed by atoms with E-state index in [0.717, 1.165) is 48.9 Å². The van der Waals surface area contributed by atoms with Crippen LogP contribution in [0.4, 0.5) is 0 Å². The highest BCUT2D eigenvalue weighted by Gasteiger charge is 2.33. The van der Waals surface area contributed by atoms with Gasteiger partial charge in [-0.2, -0.15) is 5.10 Å². The normalized spacial score (nSPS) is 23.2. The molecule has 0 radical (unpaired) electrons. The average Bonchev–Trinajstić information content (AvgIpc) is 2.63. The minimum absolute atomic E-state index is 0.227. The summed E-state index contributed by atoms with van der Waals surface area (Å²) in [4.78, 5) is 2.56. The first-order chi connectivity index (χ1) is 9.92. The van der Waals surface area contributed by atoms with Crippen molar-refractivity contribution >= 4 is 11.6 Å². The van der Waals surface area contributed by atoms with Gasteiger partial charge in [0.2, 0.25) is 0 Å². The fourth-order valence-corrected chi connectivity index (χ4v) is 3.53. The second kappa shape index (κ2) is 6.67. The second-order valence-corrected chi connectivity index (χ2v) is 6.80. The number of aromatic nitrogens is 2. The van der Waals surface area contributed by atoms with Crippen LogP contribution >= 0.6 is 11.6 Å². The van der Waals surface area contributed by atoms with E-state index in [1.54, 1.807) is 0 Å². The molecule has 1 saturated heterocycles. The number of nitrogens with one attached hydrogen (secondary N) is 1. The Kier molecular flexibility index (Phi) is 5.33. The van der Waals surface area contributed by atoms with Gasteiger partial charge in [-0.15, -0.1) is 0 Å². The first-order valence-corrected chi connectivity index (χ1v) is 8.47. The zero-order valence-corrected chi connectivity index (χ0v) is 14.8. The standard InChI is InChI=1S/C16H29ClN4/c1-6-16(7-2)11-21(12(3)8-9-18-16)10-14-15(17)13(4)19-20(14)5/h12,18H,6-11H2,1-5H3. The van der Waals surface area contributed by atoms with Gasteiger partial charge in [-0.1, -0.05) is 25.4 Å². The van der Waals surface area contributed by atoms with Gasteiger partial charge in [0.25, 0.3) is 0 Å². The Morgan fingerprint density at radius 3 is 2.57 bits per heavy atom. The number of aryl methyl sites for hydroxylation is 2. The minimum atomic E-state index is 0.227. The molecule has 2 heterocycles. The molecular formula is C16H29ClN4. The summed E-state index contributed by atoms with van der Waals surface area (Å²) >= 11 is 6.43. The Morgan fingerprint density at radius 2 is 2.05 bits per heavy atom.